The highest BCUT2D eigenvalue weighted by Gasteiger charge is 2.18. The number of carbonyl (C=O) groups excluding carboxylic acids is 2. The molecule has 0 spiro atoms. The number of nitrogens with zero attached hydrogens (tertiary/aromatic N) is 3. The summed E-state index contributed by atoms with van der Waals surface area (Å²) in [5.41, 5.74) is 2.48. The molecule has 0 fully saturated rings. The van der Waals surface area contributed by atoms with Crippen LogP contribution in [0, 0.1) is 0 Å². The summed E-state index contributed by atoms with van der Waals surface area (Å²) in [4.78, 5) is 31.5. The topological polar surface area (TPSA) is 123 Å². The fourth-order valence-corrected chi connectivity index (χ4v) is 4.96. The Kier molecular flexibility index (Phi) is 13.4. The molecule has 1 amide bonds. The average Bonchev–Trinajstić information content (AvgIpc) is 3.42. The minimum absolute atomic E-state index is 0.0463. The van der Waals surface area contributed by atoms with Crippen LogP contribution in [0.25, 0.3) is 23.1 Å². The summed E-state index contributed by atoms with van der Waals surface area (Å²) in [6.45, 7) is 4.64. The second-order valence-electron chi connectivity index (χ2n) is 9.10. The Hall–Kier alpha value is -4.07. The summed E-state index contributed by atoms with van der Waals surface area (Å²) in [6.07, 6.45) is 4.72. The molecular weight excluding hydrogens is 584 g/mol. The van der Waals surface area contributed by atoms with Gasteiger partial charge in [-0.25, -0.2) is 4.79 Å². The van der Waals surface area contributed by atoms with Crippen molar-refractivity contribution in [3.8, 4) is 0 Å². The van der Waals surface area contributed by atoms with E-state index >= 15 is 0 Å². The predicted molar refractivity (Wildman–Crippen MR) is 168 cm³/mol. The number of amides is 1. The summed E-state index contributed by atoms with van der Waals surface area (Å²) < 4.78 is 28.0. The number of rotatable bonds is 17. The molecular formula is C32H36N4O7S. The molecule has 2 aromatic carbocycles. The smallest absolute Gasteiger partial charge is 0.435 e. The van der Waals surface area contributed by atoms with E-state index in [4.69, 9.17) is 23.7 Å². The molecule has 1 N–H and O–H groups in total. The zero-order valence-electron chi connectivity index (χ0n) is 24.8. The lowest BCUT2D eigenvalue weighted by Gasteiger charge is -2.09. The molecule has 2 heterocycles. The number of hydrogen-bond acceptors (Lipinski definition) is 10. The fourth-order valence-electron chi connectivity index (χ4n) is 3.98. The summed E-state index contributed by atoms with van der Waals surface area (Å²) >= 11 is 1.42. The van der Waals surface area contributed by atoms with Crippen molar-refractivity contribution in [2.24, 2.45) is 0 Å². The molecule has 0 saturated heterocycles. The molecule has 0 radical (unpaired) electrons. The number of aromatic nitrogens is 3. The van der Waals surface area contributed by atoms with Crippen molar-refractivity contribution >= 4 is 46.8 Å². The lowest BCUT2D eigenvalue weighted by atomic mass is 10.2. The van der Waals surface area contributed by atoms with Gasteiger partial charge in [0.15, 0.2) is 0 Å². The van der Waals surface area contributed by atoms with E-state index < -0.39 is 6.09 Å². The molecule has 2 aromatic heterocycles. The van der Waals surface area contributed by atoms with Gasteiger partial charge in [-0.05, 0) is 61.5 Å². The van der Waals surface area contributed by atoms with Crippen LogP contribution in [0.4, 0.5) is 4.79 Å². The van der Waals surface area contributed by atoms with Gasteiger partial charge in [-0.1, -0.05) is 30.0 Å². The molecule has 12 heteroatoms. The lowest BCUT2D eigenvalue weighted by molar-refractivity contribution is -0.0694. The van der Waals surface area contributed by atoms with Crippen molar-refractivity contribution in [1.82, 2.24) is 20.1 Å². The molecule has 0 aliphatic heterocycles. The third-order valence-corrected chi connectivity index (χ3v) is 7.17. The van der Waals surface area contributed by atoms with Crippen molar-refractivity contribution < 1.29 is 33.3 Å². The molecule has 0 unspecified atom stereocenters. The van der Waals surface area contributed by atoms with Crippen LogP contribution < -0.4 is 5.32 Å². The summed E-state index contributed by atoms with van der Waals surface area (Å²) in [5, 5.41) is 8.00. The van der Waals surface area contributed by atoms with Gasteiger partial charge >= 0.3 is 6.09 Å². The van der Waals surface area contributed by atoms with Crippen molar-refractivity contribution in [3.63, 3.8) is 0 Å². The number of nitrogens with one attached hydrogen (secondary N) is 1. The average molecular weight is 621 g/mol. The van der Waals surface area contributed by atoms with Crippen LogP contribution in [-0.2, 0) is 23.7 Å². The van der Waals surface area contributed by atoms with Crippen LogP contribution >= 0.6 is 11.8 Å². The molecule has 0 aliphatic carbocycles. The number of hydrogen-bond donors (Lipinski definition) is 1. The maximum atomic E-state index is 13.2. The molecule has 0 aliphatic rings. The number of fused-ring (bicyclic) bond motifs is 1. The normalized spacial score (nSPS) is 11.3. The molecule has 232 valence electrons. The van der Waals surface area contributed by atoms with Gasteiger partial charge in [0, 0.05) is 35.0 Å². The third-order valence-electron chi connectivity index (χ3n) is 6.11. The molecule has 0 saturated carbocycles. The standard InChI is InChI=1S/C32H36N4O7S/c1-3-39-23-42-19-18-40-16-17-41-20-21-43-32(38)36-29-22-25(44-30-10-5-4-9-27(30)31(37)33-2)12-13-26(29)28(35-36)14-11-24-8-6-7-15-34-24/h4-15,22H,3,16-21,23H2,1-2H3,(H,33,37)/b14-11+. The monoisotopic (exact) mass is 620 g/mol. The van der Waals surface area contributed by atoms with Crippen molar-refractivity contribution in [2.45, 2.75) is 16.7 Å². The molecule has 11 nitrogen and oxygen atoms in total. The number of ether oxygens (including phenoxy) is 5. The number of carbonyl (C=O) groups is 2. The van der Waals surface area contributed by atoms with E-state index in [1.165, 1.54) is 16.4 Å². The largest absolute Gasteiger partial charge is 0.445 e. The maximum absolute atomic E-state index is 13.2. The highest BCUT2D eigenvalue weighted by atomic mass is 32.2. The molecule has 0 atom stereocenters. The molecule has 44 heavy (non-hydrogen) atoms. The van der Waals surface area contributed by atoms with Crippen LogP contribution in [-0.4, -0.2) is 86.9 Å². The van der Waals surface area contributed by atoms with Crippen LogP contribution in [0.3, 0.4) is 0 Å². The summed E-state index contributed by atoms with van der Waals surface area (Å²) in [5.74, 6) is -0.176. The first-order chi connectivity index (χ1) is 21.6. The molecule has 4 aromatic rings. The van der Waals surface area contributed by atoms with Gasteiger partial charge < -0.3 is 29.0 Å². The van der Waals surface area contributed by atoms with Gasteiger partial charge in [0.25, 0.3) is 5.91 Å². The Morgan fingerprint density at radius 2 is 1.64 bits per heavy atom. The van der Waals surface area contributed by atoms with Crippen LogP contribution in [0.5, 0.6) is 0 Å². The van der Waals surface area contributed by atoms with Crippen LogP contribution in [0.1, 0.15) is 28.7 Å². The van der Waals surface area contributed by atoms with E-state index in [0.29, 0.717) is 49.8 Å². The van der Waals surface area contributed by atoms with Crippen molar-refractivity contribution in [1.29, 1.82) is 0 Å². The van der Waals surface area contributed by atoms with Crippen molar-refractivity contribution in [2.75, 3.05) is 60.1 Å². The van der Waals surface area contributed by atoms with E-state index in [-0.39, 0.29) is 25.9 Å². The second-order valence-corrected chi connectivity index (χ2v) is 10.2. The van der Waals surface area contributed by atoms with Crippen LogP contribution in [0.15, 0.2) is 76.7 Å². The minimum Gasteiger partial charge on any atom is -0.445 e. The van der Waals surface area contributed by atoms with Gasteiger partial charge in [0.05, 0.1) is 55.5 Å². The minimum atomic E-state index is -0.633. The fraction of sp³-hybridized carbons (Fsp3) is 0.312. The van der Waals surface area contributed by atoms with E-state index in [9.17, 15) is 9.59 Å². The first kappa shape index (κ1) is 32.8. The predicted octanol–water partition coefficient (Wildman–Crippen LogP) is 5.14. The zero-order valence-corrected chi connectivity index (χ0v) is 25.6. The first-order valence-corrected chi connectivity index (χ1v) is 15.0. The Morgan fingerprint density at radius 1 is 0.886 bits per heavy atom. The van der Waals surface area contributed by atoms with E-state index in [1.54, 1.807) is 19.3 Å². The van der Waals surface area contributed by atoms with Gasteiger partial charge in [0.2, 0.25) is 0 Å². The van der Waals surface area contributed by atoms with E-state index in [0.717, 1.165) is 20.9 Å². The Morgan fingerprint density at radius 3 is 2.39 bits per heavy atom. The highest BCUT2D eigenvalue weighted by molar-refractivity contribution is 7.99. The van der Waals surface area contributed by atoms with Gasteiger partial charge in [-0.2, -0.15) is 9.78 Å². The van der Waals surface area contributed by atoms with E-state index in [2.05, 4.69) is 15.4 Å². The van der Waals surface area contributed by atoms with Crippen molar-refractivity contribution in [3.05, 3.63) is 83.8 Å². The Balaban J connectivity index is 1.42. The zero-order chi connectivity index (χ0) is 31.0. The Labute approximate surface area is 260 Å². The first-order valence-electron chi connectivity index (χ1n) is 14.2. The Bertz CT molecular complexity index is 1530. The molecule has 0 bridgehead atoms. The summed E-state index contributed by atoms with van der Waals surface area (Å²) in [7, 11) is 1.60. The number of benzene rings is 2. The summed E-state index contributed by atoms with van der Waals surface area (Å²) in [6, 6.07) is 18.7. The SMILES string of the molecule is CCOCOCCOCCOCCOC(=O)n1nc(/C=C/c2ccccn2)c2ccc(Sc3ccccc3C(=O)NC)cc21. The lowest BCUT2D eigenvalue weighted by Crippen LogP contribution is -2.19. The quantitative estimate of drug-likeness (QED) is 0.125. The van der Waals surface area contributed by atoms with Gasteiger partial charge in [-0.15, -0.1) is 0 Å². The van der Waals surface area contributed by atoms with Gasteiger partial charge in [0.1, 0.15) is 13.4 Å². The maximum Gasteiger partial charge on any atom is 0.435 e. The molecule has 4 rings (SSSR count). The van der Waals surface area contributed by atoms with Gasteiger partial charge in [-0.3, -0.25) is 9.78 Å². The number of pyridine rings is 1. The second kappa shape index (κ2) is 17.9. The third kappa shape index (κ3) is 9.73. The highest BCUT2D eigenvalue weighted by Crippen LogP contribution is 2.33. The van der Waals surface area contributed by atoms with Crippen LogP contribution in [0.2, 0.25) is 0 Å². The van der Waals surface area contributed by atoms with E-state index in [1.807, 2.05) is 73.7 Å².